The Bertz CT molecular complexity index is 503. The Morgan fingerprint density at radius 1 is 1.67 bits per heavy atom. The maximum absolute atomic E-state index is 12.0. The number of nitrogens with zero attached hydrogens (tertiary/aromatic N) is 1. The molecule has 2 heterocycles. The molecule has 0 spiro atoms. The fraction of sp³-hybridized carbons (Fsp3) is 0.700. The molecule has 2 atom stereocenters. The largest absolute Gasteiger partial charge is 0.378 e. The molecule has 2 rings (SSSR count). The van der Waals surface area contributed by atoms with Gasteiger partial charge in [-0.2, -0.15) is 0 Å². The van der Waals surface area contributed by atoms with Gasteiger partial charge in [-0.3, -0.25) is 0 Å². The lowest BCUT2D eigenvalue weighted by Crippen LogP contribution is -2.32. The fourth-order valence-electron chi connectivity index (χ4n) is 2.03. The van der Waals surface area contributed by atoms with Crippen LogP contribution < -0.4 is 4.72 Å². The van der Waals surface area contributed by atoms with Crippen LogP contribution in [0.5, 0.6) is 0 Å². The van der Waals surface area contributed by atoms with Crippen molar-refractivity contribution in [2.45, 2.75) is 30.1 Å². The summed E-state index contributed by atoms with van der Waals surface area (Å²) in [6.07, 6.45) is 3.22. The number of hydrogen-bond acceptors (Lipinski definition) is 5. The molecule has 18 heavy (non-hydrogen) atoms. The molecule has 102 valence electrons. The first-order valence-electron chi connectivity index (χ1n) is 5.75. The number of hydrogen-bond donors (Lipinski definition) is 1. The number of sulfonamides is 1. The lowest BCUT2D eigenvalue weighted by Gasteiger charge is -2.16. The lowest BCUT2D eigenvalue weighted by atomic mass is 10.0. The topological polar surface area (TPSA) is 68.3 Å². The summed E-state index contributed by atoms with van der Waals surface area (Å²) in [7, 11) is -3.49. The highest BCUT2D eigenvalue weighted by Crippen LogP contribution is 2.25. The van der Waals surface area contributed by atoms with Gasteiger partial charge >= 0.3 is 0 Å². The van der Waals surface area contributed by atoms with Crippen molar-refractivity contribution < 1.29 is 13.2 Å². The molecule has 1 saturated heterocycles. The summed E-state index contributed by atoms with van der Waals surface area (Å²) in [5.74, 6) is 0.244. The highest BCUT2D eigenvalue weighted by Gasteiger charge is 2.28. The van der Waals surface area contributed by atoms with Crippen LogP contribution in [0.3, 0.4) is 0 Å². The minimum Gasteiger partial charge on any atom is -0.378 e. The van der Waals surface area contributed by atoms with Gasteiger partial charge in [0.05, 0.1) is 12.3 Å². The Hall–Kier alpha value is -0.210. The van der Waals surface area contributed by atoms with Crippen molar-refractivity contribution in [2.75, 3.05) is 13.2 Å². The molecule has 5 nitrogen and oxygen atoms in total. The molecule has 0 amide bonds. The molecule has 1 fully saturated rings. The van der Waals surface area contributed by atoms with Gasteiger partial charge in [0.15, 0.2) is 8.68 Å². The van der Waals surface area contributed by atoms with Gasteiger partial charge in [0, 0.05) is 19.1 Å². The first-order chi connectivity index (χ1) is 8.53. The Labute approximate surface area is 116 Å². The van der Waals surface area contributed by atoms with Crippen molar-refractivity contribution in [1.82, 2.24) is 9.71 Å². The maximum Gasteiger partial charge on any atom is 0.251 e. The second-order valence-electron chi connectivity index (χ2n) is 4.15. The van der Waals surface area contributed by atoms with Gasteiger partial charge in [-0.1, -0.05) is 29.9 Å². The number of rotatable bonds is 5. The summed E-state index contributed by atoms with van der Waals surface area (Å²) >= 11 is 6.59. The van der Waals surface area contributed by atoms with E-state index in [1.165, 1.54) is 6.20 Å². The van der Waals surface area contributed by atoms with E-state index in [1.807, 2.05) is 6.92 Å². The third-order valence-electron chi connectivity index (χ3n) is 3.01. The van der Waals surface area contributed by atoms with Gasteiger partial charge in [0.1, 0.15) is 0 Å². The fourth-order valence-corrected chi connectivity index (χ4v) is 4.46. The smallest absolute Gasteiger partial charge is 0.251 e. The zero-order chi connectivity index (χ0) is 13.2. The summed E-state index contributed by atoms with van der Waals surface area (Å²) in [6, 6.07) is 0. The van der Waals surface area contributed by atoms with Gasteiger partial charge in [-0.25, -0.2) is 18.1 Å². The predicted molar refractivity (Wildman–Crippen MR) is 70.5 cm³/mol. The Morgan fingerprint density at radius 2 is 2.44 bits per heavy atom. The minimum absolute atomic E-state index is 0.151. The van der Waals surface area contributed by atoms with Crippen LogP contribution in [-0.2, 0) is 14.8 Å². The Kier molecular flexibility index (Phi) is 4.60. The van der Waals surface area contributed by atoms with Gasteiger partial charge in [-0.05, 0) is 12.8 Å². The molecule has 0 aromatic carbocycles. The van der Waals surface area contributed by atoms with E-state index in [-0.39, 0.29) is 20.7 Å². The van der Waals surface area contributed by atoms with E-state index in [0.717, 1.165) is 24.2 Å². The standard InChI is InChI=1S/C10H15ClN2O3S2/c1-2-8-7(3-4-16-8)5-13-18(14,15)9-6-12-10(11)17-9/h6-8,13H,2-5H2,1H3. The second-order valence-corrected chi connectivity index (χ2v) is 7.76. The summed E-state index contributed by atoms with van der Waals surface area (Å²) in [4.78, 5) is 3.73. The molecule has 8 heteroatoms. The van der Waals surface area contributed by atoms with Crippen LogP contribution in [-0.4, -0.2) is 32.7 Å². The molecule has 0 bridgehead atoms. The lowest BCUT2D eigenvalue weighted by molar-refractivity contribution is 0.0884. The molecule has 2 unspecified atom stereocenters. The molecule has 1 aliphatic heterocycles. The van der Waals surface area contributed by atoms with Crippen molar-refractivity contribution in [3.05, 3.63) is 10.7 Å². The Morgan fingerprint density at radius 3 is 3.06 bits per heavy atom. The zero-order valence-electron chi connectivity index (χ0n) is 9.93. The molecule has 0 aliphatic carbocycles. The van der Waals surface area contributed by atoms with Crippen LogP contribution >= 0.6 is 22.9 Å². The van der Waals surface area contributed by atoms with Crippen molar-refractivity contribution in [1.29, 1.82) is 0 Å². The molecule has 1 N–H and O–H groups in total. The first-order valence-corrected chi connectivity index (χ1v) is 8.43. The SMILES string of the molecule is CCC1OCCC1CNS(=O)(=O)c1cnc(Cl)s1. The zero-order valence-corrected chi connectivity index (χ0v) is 12.3. The summed E-state index contributed by atoms with van der Waals surface area (Å²) < 4.78 is 32.4. The van der Waals surface area contributed by atoms with Crippen LogP contribution in [0.25, 0.3) is 0 Å². The number of nitrogens with one attached hydrogen (secondary N) is 1. The number of ether oxygens (including phenoxy) is 1. The molecular weight excluding hydrogens is 296 g/mol. The van der Waals surface area contributed by atoms with E-state index in [2.05, 4.69) is 9.71 Å². The van der Waals surface area contributed by atoms with E-state index < -0.39 is 10.0 Å². The van der Waals surface area contributed by atoms with E-state index in [0.29, 0.717) is 13.2 Å². The van der Waals surface area contributed by atoms with Gasteiger partial charge < -0.3 is 4.74 Å². The second kappa shape index (κ2) is 5.83. The van der Waals surface area contributed by atoms with Crippen molar-refractivity contribution in [3.63, 3.8) is 0 Å². The number of halogens is 1. The van der Waals surface area contributed by atoms with Crippen LogP contribution in [0.15, 0.2) is 10.4 Å². The highest BCUT2D eigenvalue weighted by atomic mass is 35.5. The maximum atomic E-state index is 12.0. The molecule has 1 aliphatic rings. The van der Waals surface area contributed by atoms with E-state index in [4.69, 9.17) is 16.3 Å². The molecular formula is C10H15ClN2O3S2. The summed E-state index contributed by atoms with van der Waals surface area (Å²) in [5, 5.41) is 0. The minimum atomic E-state index is -3.49. The summed E-state index contributed by atoms with van der Waals surface area (Å²) in [6.45, 7) is 3.15. The van der Waals surface area contributed by atoms with Gasteiger partial charge in [0.2, 0.25) is 0 Å². The van der Waals surface area contributed by atoms with E-state index in [9.17, 15) is 8.42 Å². The average molecular weight is 311 g/mol. The average Bonchev–Trinajstić information content (AvgIpc) is 2.94. The molecule has 0 saturated carbocycles. The number of thiazole rings is 1. The Balaban J connectivity index is 1.97. The molecule has 1 aromatic rings. The van der Waals surface area contributed by atoms with Crippen molar-refractivity contribution >= 4 is 33.0 Å². The normalized spacial score (nSPS) is 24.6. The summed E-state index contributed by atoms with van der Waals surface area (Å²) in [5.41, 5.74) is 0. The predicted octanol–water partition coefficient (Wildman–Crippen LogP) is 1.89. The third-order valence-corrected chi connectivity index (χ3v) is 6.00. The highest BCUT2D eigenvalue weighted by molar-refractivity contribution is 7.91. The van der Waals surface area contributed by atoms with Crippen molar-refractivity contribution in [3.8, 4) is 0 Å². The van der Waals surface area contributed by atoms with E-state index in [1.54, 1.807) is 0 Å². The molecule has 0 radical (unpaired) electrons. The van der Waals surface area contributed by atoms with Crippen LogP contribution in [0, 0.1) is 5.92 Å². The van der Waals surface area contributed by atoms with Crippen LogP contribution in [0.1, 0.15) is 19.8 Å². The third kappa shape index (κ3) is 3.21. The monoisotopic (exact) mass is 310 g/mol. The van der Waals surface area contributed by atoms with Crippen LogP contribution in [0.2, 0.25) is 4.47 Å². The van der Waals surface area contributed by atoms with Crippen molar-refractivity contribution in [2.24, 2.45) is 5.92 Å². The van der Waals surface area contributed by atoms with E-state index >= 15 is 0 Å². The van der Waals surface area contributed by atoms with Gasteiger partial charge in [-0.15, -0.1) is 0 Å². The first kappa shape index (κ1) is 14.2. The van der Waals surface area contributed by atoms with Gasteiger partial charge in [0.25, 0.3) is 10.0 Å². The number of aromatic nitrogens is 1. The van der Waals surface area contributed by atoms with Crippen LogP contribution in [0.4, 0.5) is 0 Å². The molecule has 1 aromatic heterocycles. The quantitative estimate of drug-likeness (QED) is 0.902.